The average molecular weight is 376 g/mol. The van der Waals surface area contributed by atoms with Crippen molar-refractivity contribution in [3.63, 3.8) is 0 Å². The van der Waals surface area contributed by atoms with Gasteiger partial charge in [0.1, 0.15) is 5.75 Å². The van der Waals surface area contributed by atoms with Crippen LogP contribution in [-0.2, 0) is 14.6 Å². The summed E-state index contributed by atoms with van der Waals surface area (Å²) in [6, 6.07) is 10.3. The number of ether oxygens (including phenoxy) is 2. The van der Waals surface area contributed by atoms with Crippen molar-refractivity contribution in [2.75, 3.05) is 6.26 Å². The van der Waals surface area contributed by atoms with Gasteiger partial charge in [-0.1, -0.05) is 6.07 Å². The fourth-order valence-corrected chi connectivity index (χ4v) is 3.23. The number of hydrogen-bond acceptors (Lipinski definition) is 6. The van der Waals surface area contributed by atoms with Crippen LogP contribution in [0.2, 0.25) is 0 Å². The van der Waals surface area contributed by atoms with Gasteiger partial charge in [-0.15, -0.1) is 0 Å². The van der Waals surface area contributed by atoms with Crippen molar-refractivity contribution >= 4 is 21.8 Å². The Morgan fingerprint density at radius 2 is 1.50 bits per heavy atom. The van der Waals surface area contributed by atoms with Gasteiger partial charge in [0, 0.05) is 6.26 Å². The van der Waals surface area contributed by atoms with Crippen molar-refractivity contribution in [1.82, 2.24) is 0 Å². The van der Waals surface area contributed by atoms with Gasteiger partial charge in [0.2, 0.25) is 0 Å². The third-order valence-electron chi connectivity index (χ3n) is 3.47. The molecular weight excluding hydrogens is 356 g/mol. The minimum absolute atomic E-state index is 0.0822. The Balaban J connectivity index is 2.17. The lowest BCUT2D eigenvalue weighted by molar-refractivity contribution is 0.0378. The van der Waals surface area contributed by atoms with Crippen LogP contribution in [0.1, 0.15) is 40.1 Å². The van der Waals surface area contributed by atoms with Crippen LogP contribution in [0.15, 0.2) is 47.4 Å². The number of benzene rings is 2. The van der Waals surface area contributed by atoms with E-state index in [-0.39, 0.29) is 22.3 Å². The number of carbonyl (C=O) groups excluding carboxylic acids is 2. The van der Waals surface area contributed by atoms with Crippen molar-refractivity contribution in [1.29, 1.82) is 0 Å². The fraction of sp³-hybridized carbons (Fsp3) is 0.263. The molecule has 26 heavy (non-hydrogen) atoms. The summed E-state index contributed by atoms with van der Waals surface area (Å²) < 4.78 is 33.9. The molecule has 0 unspecified atom stereocenters. The molecule has 138 valence electrons. The van der Waals surface area contributed by atoms with Crippen LogP contribution in [-0.4, -0.2) is 32.7 Å². The lowest BCUT2D eigenvalue weighted by atomic mass is 10.1. The molecule has 0 N–H and O–H groups in total. The number of hydrogen-bond donors (Lipinski definition) is 0. The first-order valence-electron chi connectivity index (χ1n) is 7.92. The lowest BCUT2D eigenvalue weighted by Gasteiger charge is -2.09. The van der Waals surface area contributed by atoms with E-state index in [1.807, 2.05) is 0 Å². The third-order valence-corrected chi connectivity index (χ3v) is 4.71. The summed E-state index contributed by atoms with van der Waals surface area (Å²) in [5.41, 5.74) is 1.02. The SMILES string of the molecule is Cc1ccc(C(=O)Oc2ccc(C(=O)OC(C)C)cc2)cc1S(C)(=O)=O. The zero-order valence-corrected chi connectivity index (χ0v) is 15.8. The highest BCUT2D eigenvalue weighted by Crippen LogP contribution is 2.19. The van der Waals surface area contributed by atoms with Gasteiger partial charge in [-0.3, -0.25) is 0 Å². The van der Waals surface area contributed by atoms with Gasteiger partial charge < -0.3 is 9.47 Å². The Kier molecular flexibility index (Phi) is 5.82. The molecule has 0 bridgehead atoms. The number of carbonyl (C=O) groups is 2. The Morgan fingerprint density at radius 3 is 2.04 bits per heavy atom. The van der Waals surface area contributed by atoms with Gasteiger partial charge in [-0.25, -0.2) is 18.0 Å². The monoisotopic (exact) mass is 376 g/mol. The van der Waals surface area contributed by atoms with E-state index in [0.717, 1.165) is 6.26 Å². The van der Waals surface area contributed by atoms with Gasteiger partial charge in [-0.2, -0.15) is 0 Å². The molecule has 0 spiro atoms. The van der Waals surface area contributed by atoms with Crippen molar-refractivity contribution < 1.29 is 27.5 Å². The molecular formula is C19H20O6S. The van der Waals surface area contributed by atoms with Crippen molar-refractivity contribution in [2.24, 2.45) is 0 Å². The van der Waals surface area contributed by atoms with Gasteiger partial charge in [0.15, 0.2) is 9.84 Å². The Morgan fingerprint density at radius 1 is 0.923 bits per heavy atom. The molecule has 0 saturated carbocycles. The van der Waals surface area contributed by atoms with E-state index in [0.29, 0.717) is 11.1 Å². The molecule has 0 radical (unpaired) electrons. The van der Waals surface area contributed by atoms with E-state index in [9.17, 15) is 18.0 Å². The van der Waals surface area contributed by atoms with E-state index in [2.05, 4.69) is 0 Å². The van der Waals surface area contributed by atoms with E-state index >= 15 is 0 Å². The van der Waals surface area contributed by atoms with Crippen LogP contribution in [0.25, 0.3) is 0 Å². The second kappa shape index (κ2) is 7.70. The van der Waals surface area contributed by atoms with Crippen LogP contribution in [0.4, 0.5) is 0 Å². The largest absolute Gasteiger partial charge is 0.459 e. The maximum atomic E-state index is 12.3. The van der Waals surface area contributed by atoms with E-state index in [1.165, 1.54) is 36.4 Å². The second-order valence-electron chi connectivity index (χ2n) is 6.12. The molecule has 0 aromatic heterocycles. The number of sulfone groups is 1. The topological polar surface area (TPSA) is 86.7 Å². The molecule has 0 saturated heterocycles. The average Bonchev–Trinajstić information content (AvgIpc) is 2.54. The van der Waals surface area contributed by atoms with E-state index in [1.54, 1.807) is 26.8 Å². The maximum Gasteiger partial charge on any atom is 0.343 e. The summed E-state index contributed by atoms with van der Waals surface area (Å²) in [5.74, 6) is -0.917. The number of esters is 2. The lowest BCUT2D eigenvalue weighted by Crippen LogP contribution is -2.12. The van der Waals surface area contributed by atoms with Gasteiger partial charge in [-0.05, 0) is 62.7 Å². The highest BCUT2D eigenvalue weighted by atomic mass is 32.2. The predicted molar refractivity (Wildman–Crippen MR) is 96.2 cm³/mol. The number of aryl methyl sites for hydroxylation is 1. The van der Waals surface area contributed by atoms with Crippen molar-refractivity contribution in [2.45, 2.75) is 31.8 Å². The molecule has 0 aliphatic rings. The Hall–Kier alpha value is -2.67. The summed E-state index contributed by atoms with van der Waals surface area (Å²) >= 11 is 0. The molecule has 0 aliphatic heterocycles. The van der Waals surface area contributed by atoms with Crippen molar-refractivity contribution in [3.8, 4) is 5.75 Å². The predicted octanol–water partition coefficient (Wildman–Crippen LogP) is 3.18. The van der Waals surface area contributed by atoms with Gasteiger partial charge in [0.25, 0.3) is 0 Å². The van der Waals surface area contributed by atoms with Crippen LogP contribution < -0.4 is 4.74 Å². The third kappa shape index (κ3) is 4.92. The van der Waals surface area contributed by atoms with E-state index in [4.69, 9.17) is 9.47 Å². The van der Waals surface area contributed by atoms with Gasteiger partial charge >= 0.3 is 11.9 Å². The summed E-state index contributed by atoms with van der Waals surface area (Å²) in [6.45, 7) is 5.15. The Bertz CT molecular complexity index is 927. The van der Waals surface area contributed by atoms with Crippen LogP contribution in [0.5, 0.6) is 5.75 Å². The standard InChI is InChI=1S/C19H20O6S/c1-12(2)24-18(20)14-7-9-16(10-8-14)25-19(21)15-6-5-13(3)17(11-15)26(4,22)23/h5-12H,1-4H3. The molecule has 0 fully saturated rings. The highest BCUT2D eigenvalue weighted by Gasteiger charge is 2.16. The highest BCUT2D eigenvalue weighted by molar-refractivity contribution is 7.90. The quantitative estimate of drug-likeness (QED) is 0.588. The number of rotatable bonds is 5. The molecule has 2 aromatic carbocycles. The molecule has 0 atom stereocenters. The summed E-state index contributed by atoms with van der Waals surface area (Å²) in [4.78, 5) is 24.1. The molecule has 2 rings (SSSR count). The fourth-order valence-electron chi connectivity index (χ4n) is 2.23. The normalized spacial score (nSPS) is 11.3. The summed E-state index contributed by atoms with van der Waals surface area (Å²) in [6.07, 6.45) is 0.852. The van der Waals surface area contributed by atoms with E-state index < -0.39 is 21.8 Å². The molecule has 7 heteroatoms. The van der Waals surface area contributed by atoms with Crippen LogP contribution in [0, 0.1) is 6.92 Å². The molecule has 6 nitrogen and oxygen atoms in total. The second-order valence-corrected chi connectivity index (χ2v) is 8.10. The first-order chi connectivity index (χ1) is 12.1. The first-order valence-corrected chi connectivity index (χ1v) is 9.81. The summed E-state index contributed by atoms with van der Waals surface area (Å²) in [7, 11) is -3.45. The maximum absolute atomic E-state index is 12.3. The zero-order valence-electron chi connectivity index (χ0n) is 15.0. The molecule has 0 aliphatic carbocycles. The smallest absolute Gasteiger partial charge is 0.343 e. The van der Waals surface area contributed by atoms with Gasteiger partial charge in [0.05, 0.1) is 22.1 Å². The molecule has 2 aromatic rings. The minimum atomic E-state index is -3.45. The summed E-state index contributed by atoms with van der Waals surface area (Å²) in [5, 5.41) is 0. The Labute approximate surface area is 152 Å². The van der Waals surface area contributed by atoms with Crippen LogP contribution in [0.3, 0.4) is 0 Å². The molecule has 0 heterocycles. The zero-order chi connectivity index (χ0) is 19.5. The first kappa shape index (κ1) is 19.7. The van der Waals surface area contributed by atoms with Crippen LogP contribution >= 0.6 is 0 Å². The van der Waals surface area contributed by atoms with Crippen molar-refractivity contribution in [3.05, 3.63) is 59.2 Å². The molecule has 0 amide bonds. The minimum Gasteiger partial charge on any atom is -0.459 e.